The second-order valence-corrected chi connectivity index (χ2v) is 5.12. The Morgan fingerprint density at radius 1 is 1.30 bits per heavy atom. The number of hydrogen-bond donors (Lipinski definition) is 2. The van der Waals surface area contributed by atoms with Crippen LogP contribution in [0.5, 0.6) is 5.75 Å². The van der Waals surface area contributed by atoms with Gasteiger partial charge in [-0.3, -0.25) is 0 Å². The number of nitrogens with zero attached hydrogens (tertiary/aromatic N) is 1. The summed E-state index contributed by atoms with van der Waals surface area (Å²) < 4.78 is 5.07. The van der Waals surface area contributed by atoms with Gasteiger partial charge in [0.1, 0.15) is 5.75 Å². The number of aromatic hydroxyl groups is 1. The molecule has 1 aliphatic carbocycles. The van der Waals surface area contributed by atoms with Crippen molar-refractivity contribution in [3.8, 4) is 17.1 Å². The molecule has 1 aliphatic rings. The third-order valence-corrected chi connectivity index (χ3v) is 3.88. The fraction of sp³-hybridized carbons (Fsp3) is 0.333. The Morgan fingerprint density at radius 2 is 2.05 bits per heavy atom. The first-order valence-electron chi connectivity index (χ1n) is 6.62. The van der Waals surface area contributed by atoms with Gasteiger partial charge < -0.3 is 14.7 Å². The number of rotatable bonds is 2. The van der Waals surface area contributed by atoms with E-state index in [1.165, 1.54) is 17.2 Å². The topological polar surface area (TPSA) is 83.6 Å². The summed E-state index contributed by atoms with van der Waals surface area (Å²) in [6.45, 7) is 1.93. The molecule has 0 fully saturated rings. The summed E-state index contributed by atoms with van der Waals surface area (Å²) in [5.41, 5.74) is 3.75. The van der Waals surface area contributed by atoms with Crippen molar-refractivity contribution in [2.75, 3.05) is 0 Å². The molecular weight excluding hydrogens is 258 g/mol. The molecule has 2 aromatic rings. The molecule has 0 bridgehead atoms. The minimum Gasteiger partial charge on any atom is -0.507 e. The van der Waals surface area contributed by atoms with E-state index in [-0.39, 0.29) is 11.4 Å². The molecule has 0 unspecified atom stereocenters. The summed E-state index contributed by atoms with van der Waals surface area (Å²) in [5, 5.41) is 22.6. The Labute approximate surface area is 115 Å². The zero-order valence-electron chi connectivity index (χ0n) is 11.1. The van der Waals surface area contributed by atoms with Crippen LogP contribution in [0.15, 0.2) is 16.7 Å². The van der Waals surface area contributed by atoms with Crippen LogP contribution in [0.1, 0.15) is 40.0 Å². The fourth-order valence-electron chi connectivity index (χ4n) is 2.90. The second-order valence-electron chi connectivity index (χ2n) is 5.12. The minimum atomic E-state index is -1.14. The van der Waals surface area contributed by atoms with Gasteiger partial charge in [0, 0.05) is 6.07 Å². The Balaban J connectivity index is 2.15. The molecule has 0 radical (unpaired) electrons. The highest BCUT2D eigenvalue weighted by Crippen LogP contribution is 2.39. The van der Waals surface area contributed by atoms with Crippen LogP contribution in [0.25, 0.3) is 11.3 Å². The van der Waals surface area contributed by atoms with E-state index in [4.69, 9.17) is 9.63 Å². The van der Waals surface area contributed by atoms with Crippen LogP contribution in [0.4, 0.5) is 0 Å². The zero-order chi connectivity index (χ0) is 14.3. The zero-order valence-corrected chi connectivity index (χ0v) is 11.1. The van der Waals surface area contributed by atoms with Gasteiger partial charge in [0.2, 0.25) is 0 Å². The van der Waals surface area contributed by atoms with Gasteiger partial charge in [-0.05, 0) is 55.4 Å². The van der Waals surface area contributed by atoms with E-state index in [0.29, 0.717) is 11.3 Å². The number of phenolic OH excluding ortho intramolecular Hbond substituents is 1. The minimum absolute atomic E-state index is 0.122. The summed E-state index contributed by atoms with van der Waals surface area (Å²) in [7, 11) is 0. The highest BCUT2D eigenvalue weighted by atomic mass is 16.5. The van der Waals surface area contributed by atoms with E-state index < -0.39 is 5.97 Å². The first kappa shape index (κ1) is 12.7. The first-order valence-corrected chi connectivity index (χ1v) is 6.62. The fourth-order valence-corrected chi connectivity index (χ4v) is 2.90. The van der Waals surface area contributed by atoms with Gasteiger partial charge in [0.25, 0.3) is 0 Å². The maximum Gasteiger partial charge on any atom is 0.358 e. The number of aromatic carboxylic acids is 1. The lowest BCUT2D eigenvalue weighted by Gasteiger charge is -2.20. The molecule has 5 heteroatoms. The lowest BCUT2D eigenvalue weighted by atomic mass is 9.85. The predicted molar refractivity (Wildman–Crippen MR) is 71.9 cm³/mol. The summed E-state index contributed by atoms with van der Waals surface area (Å²) >= 11 is 0. The van der Waals surface area contributed by atoms with Crippen molar-refractivity contribution in [3.63, 3.8) is 0 Å². The molecule has 0 saturated carbocycles. The number of phenols is 1. The van der Waals surface area contributed by atoms with Crippen molar-refractivity contribution >= 4 is 5.97 Å². The number of carboxylic acids is 1. The summed E-state index contributed by atoms with van der Waals surface area (Å²) in [6.07, 6.45) is 4.22. The normalized spacial score (nSPS) is 14.1. The maximum atomic E-state index is 10.9. The summed E-state index contributed by atoms with van der Waals surface area (Å²) in [4.78, 5) is 10.9. The van der Waals surface area contributed by atoms with Crippen molar-refractivity contribution < 1.29 is 19.5 Å². The maximum absolute atomic E-state index is 10.9. The summed E-state index contributed by atoms with van der Waals surface area (Å²) in [5.74, 6) is -0.725. The highest BCUT2D eigenvalue weighted by molar-refractivity contribution is 5.87. The molecule has 1 heterocycles. The third kappa shape index (κ3) is 1.95. The summed E-state index contributed by atoms with van der Waals surface area (Å²) in [6, 6.07) is 3.11. The third-order valence-electron chi connectivity index (χ3n) is 3.88. The van der Waals surface area contributed by atoms with Gasteiger partial charge in [0.15, 0.2) is 11.5 Å². The van der Waals surface area contributed by atoms with Gasteiger partial charge in [-0.15, -0.1) is 0 Å². The molecule has 0 spiro atoms. The Hall–Kier alpha value is -2.30. The molecule has 1 aromatic carbocycles. The number of carbonyl (C=O) groups is 1. The molecule has 20 heavy (non-hydrogen) atoms. The van der Waals surface area contributed by atoms with Crippen LogP contribution >= 0.6 is 0 Å². The van der Waals surface area contributed by atoms with E-state index in [1.54, 1.807) is 6.07 Å². The lowest BCUT2D eigenvalue weighted by molar-refractivity contribution is 0.0686. The van der Waals surface area contributed by atoms with E-state index in [1.807, 2.05) is 6.92 Å². The van der Waals surface area contributed by atoms with Crippen LogP contribution in [0.2, 0.25) is 0 Å². The average Bonchev–Trinajstić information content (AvgIpc) is 2.88. The van der Waals surface area contributed by atoms with Crippen molar-refractivity contribution in [1.82, 2.24) is 5.16 Å². The predicted octanol–water partition coefficient (Wildman–Crippen LogP) is 2.93. The van der Waals surface area contributed by atoms with Crippen molar-refractivity contribution in [1.29, 1.82) is 0 Å². The van der Waals surface area contributed by atoms with Crippen LogP contribution in [-0.2, 0) is 12.8 Å². The molecule has 104 valence electrons. The Bertz CT molecular complexity index is 687. The quantitative estimate of drug-likeness (QED) is 0.878. The van der Waals surface area contributed by atoms with Gasteiger partial charge >= 0.3 is 5.97 Å². The van der Waals surface area contributed by atoms with E-state index >= 15 is 0 Å². The molecule has 5 nitrogen and oxygen atoms in total. The number of aryl methyl sites for hydroxylation is 1. The number of hydrogen-bond acceptors (Lipinski definition) is 4. The van der Waals surface area contributed by atoms with Crippen LogP contribution in [0.3, 0.4) is 0 Å². The van der Waals surface area contributed by atoms with E-state index in [9.17, 15) is 9.90 Å². The molecule has 1 aromatic heterocycles. The highest BCUT2D eigenvalue weighted by Gasteiger charge is 2.22. The van der Waals surface area contributed by atoms with Crippen LogP contribution in [-0.4, -0.2) is 21.3 Å². The SMILES string of the molecule is Cc1c2c(cc(O)c1-c1cc(C(=O)O)no1)CCCC2. The van der Waals surface area contributed by atoms with Crippen molar-refractivity contribution in [2.45, 2.75) is 32.6 Å². The molecule has 0 atom stereocenters. The molecule has 0 amide bonds. The first-order chi connectivity index (χ1) is 9.58. The van der Waals surface area contributed by atoms with Crippen LogP contribution in [0, 0.1) is 6.92 Å². The molecule has 0 saturated heterocycles. The number of aromatic nitrogens is 1. The molecule has 3 rings (SSSR count). The van der Waals surface area contributed by atoms with Gasteiger partial charge in [-0.25, -0.2) is 4.79 Å². The number of benzene rings is 1. The monoisotopic (exact) mass is 273 g/mol. The van der Waals surface area contributed by atoms with Gasteiger partial charge in [-0.2, -0.15) is 0 Å². The van der Waals surface area contributed by atoms with Crippen LogP contribution < -0.4 is 0 Å². The number of fused-ring (bicyclic) bond motifs is 1. The Morgan fingerprint density at radius 3 is 2.75 bits per heavy atom. The number of carboxylic acid groups (broad SMARTS) is 1. The van der Waals surface area contributed by atoms with Crippen molar-refractivity contribution in [3.05, 3.63) is 34.5 Å². The average molecular weight is 273 g/mol. The Kier molecular flexibility index (Phi) is 2.97. The van der Waals surface area contributed by atoms with Gasteiger partial charge in [0.05, 0.1) is 5.56 Å². The smallest absolute Gasteiger partial charge is 0.358 e. The lowest BCUT2D eigenvalue weighted by Crippen LogP contribution is -2.05. The largest absolute Gasteiger partial charge is 0.507 e. The standard InChI is InChI=1S/C15H15NO4/c1-8-10-5-3-2-4-9(10)6-12(17)14(8)13-7-11(15(18)19)16-20-13/h6-7,17H,2-5H2,1H3,(H,18,19). The molecule has 0 aliphatic heterocycles. The van der Waals surface area contributed by atoms with Gasteiger partial charge in [-0.1, -0.05) is 5.16 Å². The molecular formula is C15H15NO4. The van der Waals surface area contributed by atoms with E-state index in [0.717, 1.165) is 31.2 Å². The molecule has 2 N–H and O–H groups in total. The second kappa shape index (κ2) is 4.67. The van der Waals surface area contributed by atoms with Crippen molar-refractivity contribution in [2.24, 2.45) is 0 Å². The van der Waals surface area contributed by atoms with E-state index in [2.05, 4.69) is 5.16 Å².